The molecule has 0 aliphatic carbocycles. The number of aromatic nitrogens is 2. The summed E-state index contributed by atoms with van der Waals surface area (Å²) in [5, 5.41) is 10.6. The zero-order valence-electron chi connectivity index (χ0n) is 15.6. The van der Waals surface area contributed by atoms with Gasteiger partial charge in [0.15, 0.2) is 0 Å². The molecule has 1 fully saturated rings. The number of aliphatic hydroxyl groups is 1. The molecule has 0 saturated carbocycles. The Balaban J connectivity index is 1.85. The zero-order valence-corrected chi connectivity index (χ0v) is 16.4. The molecule has 1 N–H and O–H groups in total. The van der Waals surface area contributed by atoms with Crippen LogP contribution in [0.25, 0.3) is 0 Å². The number of aliphatic hydroxyl groups excluding tert-OH is 1. The molecule has 2 aromatic rings. The number of ether oxygens (including phenoxy) is 1. The Morgan fingerprint density at radius 2 is 1.96 bits per heavy atom. The molecule has 1 aromatic heterocycles. The fourth-order valence-corrected chi connectivity index (χ4v) is 4.88. The van der Waals surface area contributed by atoms with Gasteiger partial charge >= 0.3 is 0 Å². The second kappa shape index (κ2) is 6.52. The summed E-state index contributed by atoms with van der Waals surface area (Å²) >= 11 is 0. The van der Waals surface area contributed by atoms with Crippen LogP contribution in [0.2, 0.25) is 0 Å². The van der Waals surface area contributed by atoms with Gasteiger partial charge in [-0.15, -0.1) is 0 Å². The minimum Gasteiger partial charge on any atom is -0.485 e. The van der Waals surface area contributed by atoms with Crippen molar-refractivity contribution in [2.75, 3.05) is 6.54 Å². The Bertz CT molecular complexity index is 1020. The minimum atomic E-state index is -3.94. The monoisotopic (exact) mass is 403 g/mol. The first-order valence-electron chi connectivity index (χ1n) is 9.04. The largest absolute Gasteiger partial charge is 0.485 e. The molecule has 1 aromatic carbocycles. The highest BCUT2D eigenvalue weighted by molar-refractivity contribution is 7.91. The topological polar surface area (TPSA) is 110 Å². The van der Waals surface area contributed by atoms with Crippen molar-refractivity contribution in [1.82, 2.24) is 14.9 Å². The third kappa shape index (κ3) is 2.94. The lowest BCUT2D eigenvalue weighted by Crippen LogP contribution is -2.53. The van der Waals surface area contributed by atoms with E-state index in [1.807, 2.05) is 0 Å². The van der Waals surface area contributed by atoms with Gasteiger partial charge in [0.2, 0.25) is 15.7 Å². The van der Waals surface area contributed by atoms with Crippen LogP contribution >= 0.6 is 0 Å². The molecular formula is C19H21N3O5S. The molecule has 148 valence electrons. The third-order valence-corrected chi connectivity index (χ3v) is 6.79. The van der Waals surface area contributed by atoms with Gasteiger partial charge in [0.05, 0.1) is 10.9 Å². The number of sulfone groups is 1. The van der Waals surface area contributed by atoms with E-state index in [1.54, 1.807) is 24.8 Å². The molecule has 4 rings (SSSR count). The van der Waals surface area contributed by atoms with Crippen molar-refractivity contribution in [2.45, 2.75) is 54.5 Å². The first kappa shape index (κ1) is 18.8. The summed E-state index contributed by atoms with van der Waals surface area (Å²) in [6.45, 7) is 4.00. The summed E-state index contributed by atoms with van der Waals surface area (Å²) in [4.78, 5) is 21.7. The maximum absolute atomic E-state index is 12.9. The fraction of sp³-hybridized carbons (Fsp3) is 0.421. The second-order valence-corrected chi connectivity index (χ2v) is 9.36. The average Bonchev–Trinajstić information content (AvgIpc) is 3.08. The number of rotatable bonds is 3. The Morgan fingerprint density at radius 1 is 1.25 bits per heavy atom. The third-order valence-electron chi connectivity index (χ3n) is 5.22. The minimum absolute atomic E-state index is 0.00963. The van der Waals surface area contributed by atoms with E-state index in [0.717, 1.165) is 0 Å². The molecule has 2 aliphatic rings. The molecule has 28 heavy (non-hydrogen) atoms. The molecule has 0 bridgehead atoms. The zero-order chi connectivity index (χ0) is 20.1. The summed E-state index contributed by atoms with van der Waals surface area (Å²) in [7, 11) is -3.94. The van der Waals surface area contributed by atoms with Crippen molar-refractivity contribution < 1.29 is 23.1 Å². The van der Waals surface area contributed by atoms with E-state index in [4.69, 9.17) is 4.74 Å². The van der Waals surface area contributed by atoms with Crippen LogP contribution in [-0.4, -0.2) is 52.5 Å². The van der Waals surface area contributed by atoms with Gasteiger partial charge in [-0.05, 0) is 44.5 Å². The molecule has 1 saturated heterocycles. The van der Waals surface area contributed by atoms with Crippen molar-refractivity contribution in [1.29, 1.82) is 0 Å². The quantitative estimate of drug-likeness (QED) is 0.774. The van der Waals surface area contributed by atoms with E-state index < -0.39 is 27.6 Å². The van der Waals surface area contributed by atoms with E-state index in [-0.39, 0.29) is 16.0 Å². The summed E-state index contributed by atoms with van der Waals surface area (Å²) in [6, 6.07) is 5.30. The van der Waals surface area contributed by atoms with Crippen LogP contribution in [0.3, 0.4) is 0 Å². The van der Waals surface area contributed by atoms with Gasteiger partial charge in [-0.2, -0.15) is 0 Å². The van der Waals surface area contributed by atoms with Gasteiger partial charge < -0.3 is 14.7 Å². The lowest BCUT2D eigenvalue weighted by atomic mass is 9.85. The Hall–Kier alpha value is -2.52. The number of benzene rings is 1. The molecular weight excluding hydrogens is 382 g/mol. The van der Waals surface area contributed by atoms with Gasteiger partial charge in [-0.3, -0.25) is 4.79 Å². The molecule has 0 spiro atoms. The highest BCUT2D eigenvalue weighted by Gasteiger charge is 2.47. The smallest absolute Gasteiger partial charge is 0.251 e. The van der Waals surface area contributed by atoms with Gasteiger partial charge in [-0.25, -0.2) is 18.4 Å². The molecule has 3 heterocycles. The summed E-state index contributed by atoms with van der Waals surface area (Å²) in [5.74, 6) is 0.389. The highest BCUT2D eigenvalue weighted by atomic mass is 32.2. The second-order valence-electron chi connectivity index (χ2n) is 7.52. The van der Waals surface area contributed by atoms with Crippen LogP contribution in [0.4, 0.5) is 0 Å². The number of fused-ring (bicyclic) bond motifs is 1. The van der Waals surface area contributed by atoms with E-state index in [1.165, 1.54) is 30.6 Å². The van der Waals surface area contributed by atoms with Crippen LogP contribution in [0.1, 0.15) is 38.3 Å². The van der Waals surface area contributed by atoms with Gasteiger partial charge in [-0.1, -0.05) is 0 Å². The summed E-state index contributed by atoms with van der Waals surface area (Å²) in [5.41, 5.74) is -0.456. The number of carbonyl (C=O) groups excluding carboxylic acids is 1. The van der Waals surface area contributed by atoms with E-state index in [2.05, 4.69) is 9.97 Å². The van der Waals surface area contributed by atoms with Crippen molar-refractivity contribution in [3.8, 4) is 5.75 Å². The van der Waals surface area contributed by atoms with Crippen molar-refractivity contribution in [3.05, 3.63) is 42.2 Å². The van der Waals surface area contributed by atoms with Crippen LogP contribution in [0.15, 0.2) is 46.7 Å². The van der Waals surface area contributed by atoms with Gasteiger partial charge in [0.25, 0.3) is 5.16 Å². The maximum atomic E-state index is 12.9. The van der Waals surface area contributed by atoms with Gasteiger partial charge in [0.1, 0.15) is 17.5 Å². The normalized spacial score (nSPS) is 24.0. The number of likely N-dealkylation sites (tertiary alicyclic amines) is 1. The van der Waals surface area contributed by atoms with Crippen LogP contribution in [-0.2, 0) is 14.6 Å². The van der Waals surface area contributed by atoms with Crippen molar-refractivity contribution in [2.24, 2.45) is 0 Å². The highest BCUT2D eigenvalue weighted by Crippen LogP contribution is 2.45. The Kier molecular flexibility index (Phi) is 4.39. The standard InChI is InChI=1S/C19H21N3O5S/c1-19(2)17(24)16(22-10-3-5-15(22)23)13-11-12(6-7-14(13)27-19)28(25,26)18-20-8-4-9-21-18/h4,6-9,11,16-17,24H,3,5,10H2,1-2H3/t16-,17+/m1/s1. The van der Waals surface area contributed by atoms with Crippen LogP contribution in [0.5, 0.6) is 5.75 Å². The predicted molar refractivity (Wildman–Crippen MR) is 98.3 cm³/mol. The molecule has 2 atom stereocenters. The number of hydrogen-bond donors (Lipinski definition) is 1. The van der Waals surface area contributed by atoms with Gasteiger partial charge in [0, 0.05) is 30.9 Å². The lowest BCUT2D eigenvalue weighted by Gasteiger charge is -2.45. The summed E-state index contributed by atoms with van der Waals surface area (Å²) in [6.07, 6.45) is 2.83. The predicted octanol–water partition coefficient (Wildman–Crippen LogP) is 1.50. The van der Waals surface area contributed by atoms with Crippen molar-refractivity contribution in [3.63, 3.8) is 0 Å². The van der Waals surface area contributed by atoms with Crippen LogP contribution < -0.4 is 4.74 Å². The van der Waals surface area contributed by atoms with Crippen LogP contribution in [0, 0.1) is 0 Å². The molecule has 2 aliphatic heterocycles. The molecule has 0 radical (unpaired) electrons. The number of carbonyl (C=O) groups is 1. The average molecular weight is 403 g/mol. The summed E-state index contributed by atoms with van der Waals surface area (Å²) < 4.78 is 31.7. The number of amides is 1. The lowest BCUT2D eigenvalue weighted by molar-refractivity contribution is -0.139. The Labute approximate surface area is 163 Å². The molecule has 9 heteroatoms. The molecule has 8 nitrogen and oxygen atoms in total. The SMILES string of the molecule is CC1(C)Oc2ccc(S(=O)(=O)c3ncccn3)cc2[C@@H](N2CCCC2=O)[C@@H]1O. The fourth-order valence-electron chi connectivity index (χ4n) is 3.74. The molecule has 1 amide bonds. The van der Waals surface area contributed by atoms with Crippen molar-refractivity contribution >= 4 is 15.7 Å². The van der Waals surface area contributed by atoms with E-state index in [9.17, 15) is 18.3 Å². The number of hydrogen-bond acceptors (Lipinski definition) is 7. The van der Waals surface area contributed by atoms with E-state index in [0.29, 0.717) is 30.7 Å². The van der Waals surface area contributed by atoms with E-state index >= 15 is 0 Å². The maximum Gasteiger partial charge on any atom is 0.251 e. The number of nitrogens with zero attached hydrogens (tertiary/aromatic N) is 3. The Morgan fingerprint density at radius 3 is 2.61 bits per heavy atom. The first-order chi connectivity index (χ1) is 13.2. The first-order valence-corrected chi connectivity index (χ1v) is 10.5. The molecule has 0 unspecified atom stereocenters.